The van der Waals surface area contributed by atoms with Gasteiger partial charge in [-0.3, -0.25) is 0 Å². The number of ether oxygens (including phenoxy) is 1. The van der Waals surface area contributed by atoms with E-state index in [1.165, 1.54) is 5.56 Å². The van der Waals surface area contributed by atoms with Crippen molar-refractivity contribution in [1.82, 2.24) is 15.3 Å². The number of nitrogens with one attached hydrogen (secondary N) is 1. The Bertz CT molecular complexity index is 598. The summed E-state index contributed by atoms with van der Waals surface area (Å²) in [7, 11) is 0. The van der Waals surface area contributed by atoms with Crippen LogP contribution in [0.15, 0.2) is 30.5 Å². The smallest absolute Gasteiger partial charge is 0.142 e. The minimum atomic E-state index is 0.707. The highest BCUT2D eigenvalue weighted by molar-refractivity contribution is 5.62. The quantitative estimate of drug-likeness (QED) is 0.926. The zero-order valence-corrected chi connectivity index (χ0v) is 11.7. The SMILES string of the molecule is CCNCc1nccc(-c2ccc3c(c2)CCCO3)n1. The van der Waals surface area contributed by atoms with E-state index in [1.807, 2.05) is 12.3 Å². The fourth-order valence-corrected chi connectivity index (χ4v) is 2.40. The number of rotatable bonds is 4. The molecule has 20 heavy (non-hydrogen) atoms. The standard InChI is InChI=1S/C16H19N3O/c1-2-17-11-16-18-8-7-14(19-16)12-5-6-15-13(10-12)4-3-9-20-15/h5-8,10,17H,2-4,9,11H2,1H3. The van der Waals surface area contributed by atoms with Crippen LogP contribution in [0.2, 0.25) is 0 Å². The van der Waals surface area contributed by atoms with Crippen LogP contribution >= 0.6 is 0 Å². The maximum absolute atomic E-state index is 5.65. The van der Waals surface area contributed by atoms with E-state index in [-0.39, 0.29) is 0 Å². The van der Waals surface area contributed by atoms with Crippen molar-refractivity contribution in [3.05, 3.63) is 41.9 Å². The Morgan fingerprint density at radius 1 is 1.30 bits per heavy atom. The second-order valence-electron chi connectivity index (χ2n) is 4.91. The van der Waals surface area contributed by atoms with E-state index in [1.54, 1.807) is 0 Å². The highest BCUT2D eigenvalue weighted by Crippen LogP contribution is 2.29. The molecule has 1 aromatic carbocycles. The predicted octanol–water partition coefficient (Wildman–Crippen LogP) is 2.58. The third-order valence-corrected chi connectivity index (χ3v) is 3.44. The minimum absolute atomic E-state index is 0.707. The third kappa shape index (κ3) is 2.80. The van der Waals surface area contributed by atoms with Crippen molar-refractivity contribution in [2.75, 3.05) is 13.2 Å². The molecule has 0 saturated carbocycles. The minimum Gasteiger partial charge on any atom is -0.493 e. The highest BCUT2D eigenvalue weighted by atomic mass is 16.5. The Balaban J connectivity index is 1.88. The molecule has 104 valence electrons. The highest BCUT2D eigenvalue weighted by Gasteiger charge is 2.12. The van der Waals surface area contributed by atoms with Gasteiger partial charge in [-0.1, -0.05) is 6.92 Å². The zero-order chi connectivity index (χ0) is 13.8. The second kappa shape index (κ2) is 6.01. The first-order valence-electron chi connectivity index (χ1n) is 7.15. The van der Waals surface area contributed by atoms with Gasteiger partial charge in [0.05, 0.1) is 18.8 Å². The van der Waals surface area contributed by atoms with Crippen LogP contribution in [-0.2, 0) is 13.0 Å². The van der Waals surface area contributed by atoms with E-state index in [0.717, 1.165) is 48.8 Å². The Labute approximate surface area is 119 Å². The van der Waals surface area contributed by atoms with E-state index >= 15 is 0 Å². The van der Waals surface area contributed by atoms with Gasteiger partial charge in [0.2, 0.25) is 0 Å². The van der Waals surface area contributed by atoms with Crippen LogP contribution in [0.4, 0.5) is 0 Å². The van der Waals surface area contributed by atoms with Gasteiger partial charge in [-0.2, -0.15) is 0 Å². The van der Waals surface area contributed by atoms with E-state index in [4.69, 9.17) is 4.74 Å². The van der Waals surface area contributed by atoms with Crippen LogP contribution in [0.5, 0.6) is 5.75 Å². The van der Waals surface area contributed by atoms with E-state index in [0.29, 0.717) is 6.54 Å². The average molecular weight is 269 g/mol. The van der Waals surface area contributed by atoms with Gasteiger partial charge in [0.1, 0.15) is 11.6 Å². The van der Waals surface area contributed by atoms with Crippen molar-refractivity contribution in [2.24, 2.45) is 0 Å². The van der Waals surface area contributed by atoms with Gasteiger partial charge in [-0.05, 0) is 49.2 Å². The van der Waals surface area contributed by atoms with Crippen LogP contribution in [0.1, 0.15) is 24.7 Å². The molecule has 1 N–H and O–H groups in total. The Kier molecular flexibility index (Phi) is 3.92. The first kappa shape index (κ1) is 13.1. The maximum atomic E-state index is 5.65. The summed E-state index contributed by atoms with van der Waals surface area (Å²) in [6.07, 6.45) is 4.00. The molecule has 0 aliphatic carbocycles. The molecule has 0 fully saturated rings. The molecule has 0 unspecified atom stereocenters. The van der Waals surface area contributed by atoms with Gasteiger partial charge < -0.3 is 10.1 Å². The third-order valence-electron chi connectivity index (χ3n) is 3.44. The van der Waals surface area contributed by atoms with Crippen LogP contribution in [0.3, 0.4) is 0 Å². The fourth-order valence-electron chi connectivity index (χ4n) is 2.40. The number of benzene rings is 1. The summed E-state index contributed by atoms with van der Waals surface area (Å²) in [6, 6.07) is 8.27. The van der Waals surface area contributed by atoms with Crippen molar-refractivity contribution >= 4 is 0 Å². The Morgan fingerprint density at radius 2 is 2.25 bits per heavy atom. The normalized spacial score (nSPS) is 13.7. The summed E-state index contributed by atoms with van der Waals surface area (Å²) >= 11 is 0. The number of aryl methyl sites for hydroxylation is 1. The molecule has 4 heteroatoms. The zero-order valence-electron chi connectivity index (χ0n) is 11.7. The van der Waals surface area contributed by atoms with E-state index in [2.05, 4.69) is 40.4 Å². The molecular weight excluding hydrogens is 250 g/mol. The molecule has 3 rings (SSSR count). The predicted molar refractivity (Wildman–Crippen MR) is 78.7 cm³/mol. The largest absolute Gasteiger partial charge is 0.493 e. The summed E-state index contributed by atoms with van der Waals surface area (Å²) in [5.41, 5.74) is 3.39. The van der Waals surface area contributed by atoms with Gasteiger partial charge in [0.15, 0.2) is 0 Å². The molecule has 4 nitrogen and oxygen atoms in total. The molecule has 1 aliphatic rings. The molecule has 1 aromatic heterocycles. The van der Waals surface area contributed by atoms with Crippen molar-refractivity contribution in [1.29, 1.82) is 0 Å². The van der Waals surface area contributed by atoms with Crippen molar-refractivity contribution < 1.29 is 4.74 Å². The second-order valence-corrected chi connectivity index (χ2v) is 4.91. The Morgan fingerprint density at radius 3 is 3.15 bits per heavy atom. The average Bonchev–Trinajstić information content (AvgIpc) is 2.53. The molecule has 0 saturated heterocycles. The summed E-state index contributed by atoms with van der Waals surface area (Å²) in [5, 5.41) is 3.25. The molecule has 0 amide bonds. The number of nitrogens with zero attached hydrogens (tertiary/aromatic N) is 2. The lowest BCUT2D eigenvalue weighted by Gasteiger charge is -2.17. The number of aromatic nitrogens is 2. The summed E-state index contributed by atoms with van der Waals surface area (Å²) in [4.78, 5) is 8.91. The van der Waals surface area contributed by atoms with Gasteiger partial charge in [0, 0.05) is 11.8 Å². The molecule has 1 aliphatic heterocycles. The fraction of sp³-hybridized carbons (Fsp3) is 0.375. The topological polar surface area (TPSA) is 47.0 Å². The summed E-state index contributed by atoms with van der Waals surface area (Å²) in [5.74, 6) is 1.85. The van der Waals surface area contributed by atoms with Crippen LogP contribution in [0, 0.1) is 0 Å². The van der Waals surface area contributed by atoms with Gasteiger partial charge in [-0.25, -0.2) is 9.97 Å². The van der Waals surface area contributed by atoms with E-state index in [9.17, 15) is 0 Å². The lowest BCUT2D eigenvalue weighted by atomic mass is 10.0. The van der Waals surface area contributed by atoms with Crippen LogP contribution in [0.25, 0.3) is 11.3 Å². The lowest BCUT2D eigenvalue weighted by molar-refractivity contribution is 0.288. The first-order valence-corrected chi connectivity index (χ1v) is 7.15. The molecule has 2 aromatic rings. The maximum Gasteiger partial charge on any atom is 0.142 e. The number of fused-ring (bicyclic) bond motifs is 1. The number of hydrogen-bond acceptors (Lipinski definition) is 4. The molecule has 0 atom stereocenters. The van der Waals surface area contributed by atoms with Crippen molar-refractivity contribution in [2.45, 2.75) is 26.3 Å². The van der Waals surface area contributed by atoms with Gasteiger partial charge in [0.25, 0.3) is 0 Å². The monoisotopic (exact) mass is 269 g/mol. The first-order chi connectivity index (χ1) is 9.86. The molecule has 0 radical (unpaired) electrons. The van der Waals surface area contributed by atoms with Crippen LogP contribution in [-0.4, -0.2) is 23.1 Å². The van der Waals surface area contributed by atoms with Gasteiger partial charge in [-0.15, -0.1) is 0 Å². The number of hydrogen-bond donors (Lipinski definition) is 1. The molecular formula is C16H19N3O. The summed E-state index contributed by atoms with van der Waals surface area (Å²) < 4.78 is 5.65. The lowest BCUT2D eigenvalue weighted by Crippen LogP contribution is -2.14. The molecule has 2 heterocycles. The van der Waals surface area contributed by atoms with Crippen molar-refractivity contribution in [3.63, 3.8) is 0 Å². The van der Waals surface area contributed by atoms with E-state index < -0.39 is 0 Å². The summed E-state index contributed by atoms with van der Waals surface area (Å²) in [6.45, 7) is 4.53. The molecule has 0 bridgehead atoms. The van der Waals surface area contributed by atoms with Crippen molar-refractivity contribution in [3.8, 4) is 17.0 Å². The molecule has 0 spiro atoms. The van der Waals surface area contributed by atoms with Crippen LogP contribution < -0.4 is 10.1 Å². The van der Waals surface area contributed by atoms with Gasteiger partial charge >= 0.3 is 0 Å². The Hall–Kier alpha value is -1.94.